The van der Waals surface area contributed by atoms with Gasteiger partial charge in [-0.05, 0) is 49.6 Å². The van der Waals surface area contributed by atoms with Crippen molar-refractivity contribution >= 4 is 0 Å². The lowest BCUT2D eigenvalue weighted by atomic mass is 10.2. The molecule has 0 aliphatic carbocycles. The molecule has 0 aliphatic rings. The van der Waals surface area contributed by atoms with E-state index < -0.39 is 0 Å². The molecule has 112 valence electrons. The van der Waals surface area contributed by atoms with E-state index in [1.54, 1.807) is 0 Å². The zero-order valence-corrected chi connectivity index (χ0v) is 13.3. The van der Waals surface area contributed by atoms with Crippen LogP contribution in [0.3, 0.4) is 0 Å². The first kappa shape index (κ1) is 15.5. The van der Waals surface area contributed by atoms with Crippen LogP contribution in [0.15, 0.2) is 36.4 Å². The van der Waals surface area contributed by atoms with Crippen LogP contribution in [-0.4, -0.2) is 11.5 Å². The molecule has 0 aliphatic heterocycles. The van der Waals surface area contributed by atoms with E-state index in [2.05, 4.69) is 30.2 Å². The molecular formula is C18H24N2O. The molecule has 0 saturated carbocycles. The van der Waals surface area contributed by atoms with Gasteiger partial charge >= 0.3 is 0 Å². The van der Waals surface area contributed by atoms with Crippen LogP contribution < -0.4 is 10.1 Å². The van der Waals surface area contributed by atoms with E-state index in [1.807, 2.05) is 44.2 Å². The van der Waals surface area contributed by atoms with E-state index in [0.717, 1.165) is 30.1 Å². The highest BCUT2D eigenvalue weighted by molar-refractivity contribution is 5.36. The van der Waals surface area contributed by atoms with Gasteiger partial charge in [-0.15, -0.1) is 0 Å². The van der Waals surface area contributed by atoms with Crippen LogP contribution in [0.1, 0.15) is 30.7 Å². The van der Waals surface area contributed by atoms with Crippen LogP contribution in [0.2, 0.25) is 0 Å². The molecule has 0 bridgehead atoms. The van der Waals surface area contributed by atoms with Crippen molar-refractivity contribution in [1.82, 2.24) is 10.3 Å². The molecule has 0 spiro atoms. The maximum atomic E-state index is 5.92. The van der Waals surface area contributed by atoms with Crippen molar-refractivity contribution in [3.8, 4) is 11.6 Å². The Morgan fingerprint density at radius 2 is 1.90 bits per heavy atom. The highest BCUT2D eigenvalue weighted by Crippen LogP contribution is 2.24. The summed E-state index contributed by atoms with van der Waals surface area (Å²) >= 11 is 0. The molecule has 1 aromatic heterocycles. The van der Waals surface area contributed by atoms with E-state index >= 15 is 0 Å². The Bertz CT molecular complexity index is 594. The summed E-state index contributed by atoms with van der Waals surface area (Å²) in [6.07, 6.45) is 0. The SMILES string of the molecule is Cc1cc(CNCC(C)C)cc(Oc2ccccc2C)n1. The largest absolute Gasteiger partial charge is 0.439 e. The zero-order valence-electron chi connectivity index (χ0n) is 13.3. The number of nitrogens with zero attached hydrogens (tertiary/aromatic N) is 1. The molecule has 1 N–H and O–H groups in total. The highest BCUT2D eigenvalue weighted by Gasteiger charge is 2.05. The van der Waals surface area contributed by atoms with Gasteiger partial charge in [0, 0.05) is 18.3 Å². The normalized spacial score (nSPS) is 10.9. The molecule has 0 saturated heterocycles. The molecule has 0 amide bonds. The van der Waals surface area contributed by atoms with Gasteiger partial charge in [0.15, 0.2) is 0 Å². The average Bonchev–Trinajstić information content (AvgIpc) is 2.40. The maximum Gasteiger partial charge on any atom is 0.219 e. The molecule has 3 heteroatoms. The van der Waals surface area contributed by atoms with Crippen molar-refractivity contribution in [2.75, 3.05) is 6.54 Å². The average molecular weight is 284 g/mol. The zero-order chi connectivity index (χ0) is 15.2. The predicted molar refractivity (Wildman–Crippen MR) is 86.8 cm³/mol. The number of ether oxygens (including phenoxy) is 1. The van der Waals surface area contributed by atoms with Gasteiger partial charge in [0.2, 0.25) is 5.88 Å². The quantitative estimate of drug-likeness (QED) is 0.861. The summed E-state index contributed by atoms with van der Waals surface area (Å²) in [5.41, 5.74) is 3.29. The summed E-state index contributed by atoms with van der Waals surface area (Å²) in [4.78, 5) is 4.46. The first-order chi connectivity index (χ1) is 10.0. The number of benzene rings is 1. The van der Waals surface area contributed by atoms with Gasteiger partial charge in [-0.1, -0.05) is 32.0 Å². The lowest BCUT2D eigenvalue weighted by molar-refractivity contribution is 0.456. The summed E-state index contributed by atoms with van der Waals surface area (Å²) in [6.45, 7) is 10.3. The molecule has 1 aromatic carbocycles. The summed E-state index contributed by atoms with van der Waals surface area (Å²) in [5, 5.41) is 3.45. The lowest BCUT2D eigenvalue weighted by Gasteiger charge is -2.11. The van der Waals surface area contributed by atoms with Gasteiger partial charge in [-0.25, -0.2) is 4.98 Å². The fourth-order valence-corrected chi connectivity index (χ4v) is 2.15. The molecule has 0 unspecified atom stereocenters. The Balaban J connectivity index is 2.10. The molecular weight excluding hydrogens is 260 g/mol. The van der Waals surface area contributed by atoms with Crippen molar-refractivity contribution in [1.29, 1.82) is 0 Å². The number of hydrogen-bond donors (Lipinski definition) is 1. The molecule has 2 rings (SSSR count). The molecule has 0 atom stereocenters. The lowest BCUT2D eigenvalue weighted by Crippen LogP contribution is -2.19. The number of para-hydroxylation sites is 1. The second kappa shape index (κ2) is 7.23. The maximum absolute atomic E-state index is 5.92. The summed E-state index contributed by atoms with van der Waals surface area (Å²) in [7, 11) is 0. The topological polar surface area (TPSA) is 34.1 Å². The van der Waals surface area contributed by atoms with Crippen LogP contribution in [0.4, 0.5) is 0 Å². The van der Waals surface area contributed by atoms with Crippen molar-refractivity contribution in [3.05, 3.63) is 53.2 Å². The van der Waals surface area contributed by atoms with Crippen molar-refractivity contribution in [2.45, 2.75) is 34.2 Å². The third kappa shape index (κ3) is 4.87. The highest BCUT2D eigenvalue weighted by atomic mass is 16.5. The van der Waals surface area contributed by atoms with Crippen LogP contribution in [0, 0.1) is 19.8 Å². The Morgan fingerprint density at radius 1 is 1.14 bits per heavy atom. The third-order valence-corrected chi connectivity index (χ3v) is 3.18. The number of rotatable bonds is 6. The van der Waals surface area contributed by atoms with Crippen molar-refractivity contribution in [3.63, 3.8) is 0 Å². The molecule has 0 radical (unpaired) electrons. The standard InChI is InChI=1S/C18H24N2O/c1-13(2)11-19-12-16-9-15(4)20-18(10-16)21-17-8-6-5-7-14(17)3/h5-10,13,19H,11-12H2,1-4H3. The summed E-state index contributed by atoms with van der Waals surface area (Å²) in [6, 6.07) is 12.1. The number of aromatic nitrogens is 1. The summed E-state index contributed by atoms with van der Waals surface area (Å²) in [5.74, 6) is 2.16. The van der Waals surface area contributed by atoms with E-state index in [4.69, 9.17) is 4.74 Å². The summed E-state index contributed by atoms with van der Waals surface area (Å²) < 4.78 is 5.92. The number of pyridine rings is 1. The molecule has 3 nitrogen and oxygen atoms in total. The van der Waals surface area contributed by atoms with Crippen molar-refractivity contribution in [2.24, 2.45) is 5.92 Å². The minimum absolute atomic E-state index is 0.649. The van der Waals surface area contributed by atoms with Gasteiger partial charge in [0.05, 0.1) is 0 Å². The molecule has 21 heavy (non-hydrogen) atoms. The Morgan fingerprint density at radius 3 is 2.62 bits per heavy atom. The van der Waals surface area contributed by atoms with Gasteiger partial charge in [0.1, 0.15) is 5.75 Å². The fourth-order valence-electron chi connectivity index (χ4n) is 2.15. The van der Waals surface area contributed by atoms with Crippen LogP contribution in [-0.2, 0) is 6.54 Å². The van der Waals surface area contributed by atoms with Gasteiger partial charge in [0.25, 0.3) is 0 Å². The fraction of sp³-hybridized carbons (Fsp3) is 0.389. The third-order valence-electron chi connectivity index (χ3n) is 3.18. The Labute approximate surface area is 127 Å². The minimum atomic E-state index is 0.649. The molecule has 1 heterocycles. The number of nitrogens with one attached hydrogen (secondary N) is 1. The minimum Gasteiger partial charge on any atom is -0.439 e. The van der Waals surface area contributed by atoms with E-state index in [-0.39, 0.29) is 0 Å². The molecule has 0 fully saturated rings. The first-order valence-corrected chi connectivity index (χ1v) is 7.46. The second-order valence-electron chi connectivity index (χ2n) is 5.85. The Hall–Kier alpha value is -1.87. The van der Waals surface area contributed by atoms with E-state index in [0.29, 0.717) is 11.8 Å². The smallest absolute Gasteiger partial charge is 0.219 e. The van der Waals surface area contributed by atoms with Gasteiger partial charge < -0.3 is 10.1 Å². The van der Waals surface area contributed by atoms with Crippen LogP contribution in [0.25, 0.3) is 0 Å². The van der Waals surface area contributed by atoms with Crippen molar-refractivity contribution < 1.29 is 4.74 Å². The number of hydrogen-bond acceptors (Lipinski definition) is 3. The predicted octanol–water partition coefficient (Wildman–Crippen LogP) is 4.24. The van der Waals surface area contributed by atoms with Crippen LogP contribution >= 0.6 is 0 Å². The Kier molecular flexibility index (Phi) is 5.34. The monoisotopic (exact) mass is 284 g/mol. The van der Waals surface area contributed by atoms with Crippen LogP contribution in [0.5, 0.6) is 11.6 Å². The second-order valence-corrected chi connectivity index (χ2v) is 5.85. The van der Waals surface area contributed by atoms with Gasteiger partial charge in [-0.2, -0.15) is 0 Å². The van der Waals surface area contributed by atoms with Gasteiger partial charge in [-0.3, -0.25) is 0 Å². The van der Waals surface area contributed by atoms with E-state index in [9.17, 15) is 0 Å². The van der Waals surface area contributed by atoms with E-state index in [1.165, 1.54) is 5.56 Å². The number of aryl methyl sites for hydroxylation is 2. The molecule has 2 aromatic rings. The first-order valence-electron chi connectivity index (χ1n) is 7.46.